The molecule has 6 nitrogen and oxygen atoms in total. The molecule has 0 radical (unpaired) electrons. The van der Waals surface area contributed by atoms with Crippen LogP contribution < -0.4 is 9.80 Å². The van der Waals surface area contributed by atoms with Gasteiger partial charge in [0.25, 0.3) is 0 Å². The zero-order valence-corrected chi connectivity index (χ0v) is 11.8. The van der Waals surface area contributed by atoms with Crippen LogP contribution in [0.4, 0.5) is 11.4 Å². The number of carboxylic acids is 1. The highest BCUT2D eigenvalue weighted by atomic mass is 16.4. The summed E-state index contributed by atoms with van der Waals surface area (Å²) in [4.78, 5) is 26.3. The normalized spacial score (nSPS) is 17.6. The van der Waals surface area contributed by atoms with Gasteiger partial charge in [-0.2, -0.15) is 5.26 Å². The molecule has 2 rings (SSSR count). The molecule has 0 aliphatic carbocycles. The van der Waals surface area contributed by atoms with Crippen molar-refractivity contribution in [3.05, 3.63) is 24.3 Å². The summed E-state index contributed by atoms with van der Waals surface area (Å²) in [5.41, 5.74) is 1.60. The molecule has 1 amide bonds. The summed E-state index contributed by atoms with van der Waals surface area (Å²) >= 11 is 0. The van der Waals surface area contributed by atoms with E-state index in [1.54, 1.807) is 12.1 Å². The van der Waals surface area contributed by atoms with Gasteiger partial charge in [-0.05, 0) is 31.2 Å². The van der Waals surface area contributed by atoms with Crippen molar-refractivity contribution < 1.29 is 14.7 Å². The molecule has 0 spiro atoms. The second-order valence-corrected chi connectivity index (χ2v) is 4.93. The Morgan fingerprint density at radius 2 is 2.14 bits per heavy atom. The third-order valence-electron chi connectivity index (χ3n) is 3.64. The first-order chi connectivity index (χ1) is 10.1. The Balaban J connectivity index is 2.14. The molecule has 1 aromatic carbocycles. The van der Waals surface area contributed by atoms with Gasteiger partial charge in [-0.3, -0.25) is 9.59 Å². The van der Waals surface area contributed by atoms with Crippen LogP contribution in [-0.2, 0) is 9.59 Å². The molecule has 0 bridgehead atoms. The number of nitriles is 1. The monoisotopic (exact) mass is 287 g/mol. The fraction of sp³-hybridized carbons (Fsp3) is 0.400. The van der Waals surface area contributed by atoms with E-state index in [0.29, 0.717) is 12.2 Å². The number of amides is 1. The third-order valence-corrected chi connectivity index (χ3v) is 3.64. The maximum atomic E-state index is 11.9. The van der Waals surface area contributed by atoms with E-state index in [-0.39, 0.29) is 18.9 Å². The highest BCUT2D eigenvalue weighted by Gasteiger charge is 2.34. The minimum atomic E-state index is -0.936. The Labute approximate surface area is 123 Å². The molecule has 1 aliphatic heterocycles. The molecule has 1 aliphatic rings. The number of benzene rings is 1. The van der Waals surface area contributed by atoms with E-state index in [9.17, 15) is 9.59 Å². The maximum absolute atomic E-state index is 11.9. The van der Waals surface area contributed by atoms with Crippen molar-refractivity contribution in [1.82, 2.24) is 0 Å². The fourth-order valence-corrected chi connectivity index (χ4v) is 2.44. The first kappa shape index (κ1) is 14.9. The molecule has 0 unspecified atom stereocenters. The quantitative estimate of drug-likeness (QED) is 0.829. The van der Waals surface area contributed by atoms with E-state index in [4.69, 9.17) is 10.4 Å². The van der Waals surface area contributed by atoms with Gasteiger partial charge in [0.15, 0.2) is 0 Å². The van der Waals surface area contributed by atoms with Crippen LogP contribution in [0.5, 0.6) is 0 Å². The van der Waals surface area contributed by atoms with Crippen molar-refractivity contribution in [3.8, 4) is 6.07 Å². The molecule has 1 fully saturated rings. The molecule has 6 heteroatoms. The van der Waals surface area contributed by atoms with E-state index in [2.05, 4.69) is 6.07 Å². The van der Waals surface area contributed by atoms with Crippen molar-refractivity contribution in [1.29, 1.82) is 5.26 Å². The SMILES string of the molecule is CCN(CC#N)c1ccc(N2C[C@@H](C(=O)O)CC2=O)cc1. The van der Waals surface area contributed by atoms with Crippen LogP contribution in [0.25, 0.3) is 0 Å². The molecule has 1 aromatic rings. The summed E-state index contributed by atoms with van der Waals surface area (Å²) in [6, 6.07) is 9.38. The Morgan fingerprint density at radius 1 is 1.48 bits per heavy atom. The van der Waals surface area contributed by atoms with Crippen molar-refractivity contribution >= 4 is 23.3 Å². The first-order valence-corrected chi connectivity index (χ1v) is 6.82. The van der Waals surface area contributed by atoms with E-state index in [0.717, 1.165) is 12.2 Å². The summed E-state index contributed by atoms with van der Waals surface area (Å²) in [6.07, 6.45) is 0.0482. The molecule has 1 heterocycles. The van der Waals surface area contributed by atoms with Crippen LogP contribution >= 0.6 is 0 Å². The largest absolute Gasteiger partial charge is 0.481 e. The van der Waals surface area contributed by atoms with Gasteiger partial charge < -0.3 is 14.9 Å². The Bertz CT molecular complexity index is 577. The fourth-order valence-electron chi connectivity index (χ4n) is 2.44. The third kappa shape index (κ3) is 3.14. The average Bonchev–Trinajstić information content (AvgIpc) is 2.87. The van der Waals surface area contributed by atoms with Gasteiger partial charge in [0.05, 0.1) is 12.0 Å². The number of carbonyl (C=O) groups excluding carboxylic acids is 1. The van der Waals surface area contributed by atoms with Crippen LogP contribution in [0.1, 0.15) is 13.3 Å². The Hall–Kier alpha value is -2.55. The number of hydrogen-bond acceptors (Lipinski definition) is 4. The van der Waals surface area contributed by atoms with Crippen molar-refractivity contribution in [2.75, 3.05) is 29.4 Å². The minimum absolute atomic E-state index is 0.0482. The van der Waals surface area contributed by atoms with Gasteiger partial charge in [-0.15, -0.1) is 0 Å². The number of nitrogens with zero attached hydrogens (tertiary/aromatic N) is 3. The highest BCUT2D eigenvalue weighted by Crippen LogP contribution is 2.27. The molecular weight excluding hydrogens is 270 g/mol. The summed E-state index contributed by atoms with van der Waals surface area (Å²) in [5, 5.41) is 17.8. The van der Waals surface area contributed by atoms with Gasteiger partial charge >= 0.3 is 5.97 Å². The van der Waals surface area contributed by atoms with Gasteiger partial charge in [0.2, 0.25) is 5.91 Å². The lowest BCUT2D eigenvalue weighted by Gasteiger charge is -2.21. The summed E-state index contributed by atoms with van der Waals surface area (Å²) < 4.78 is 0. The van der Waals surface area contributed by atoms with Gasteiger partial charge in [0, 0.05) is 30.9 Å². The predicted molar refractivity (Wildman–Crippen MR) is 78.0 cm³/mol. The molecule has 1 atom stereocenters. The zero-order valence-electron chi connectivity index (χ0n) is 11.8. The van der Waals surface area contributed by atoms with Gasteiger partial charge in [-0.1, -0.05) is 0 Å². The van der Waals surface area contributed by atoms with Crippen LogP contribution in [0.2, 0.25) is 0 Å². The highest BCUT2D eigenvalue weighted by molar-refractivity contribution is 5.99. The van der Waals surface area contributed by atoms with Crippen molar-refractivity contribution in [2.24, 2.45) is 5.92 Å². The molecule has 1 saturated heterocycles. The predicted octanol–water partition coefficient (Wildman–Crippen LogP) is 1.47. The number of hydrogen-bond donors (Lipinski definition) is 1. The summed E-state index contributed by atoms with van der Waals surface area (Å²) in [5.74, 6) is -1.74. The molecule has 1 N–H and O–H groups in total. The first-order valence-electron chi connectivity index (χ1n) is 6.82. The average molecular weight is 287 g/mol. The van der Waals surface area contributed by atoms with Gasteiger partial charge in [0.1, 0.15) is 6.54 Å². The molecule has 21 heavy (non-hydrogen) atoms. The molecular formula is C15H17N3O3. The lowest BCUT2D eigenvalue weighted by Crippen LogP contribution is -2.26. The standard InChI is InChI=1S/C15H17N3O3/c1-2-17(8-7-16)12-3-5-13(6-4-12)18-10-11(15(20)21)9-14(18)19/h3-6,11H,2,8-10H2,1H3,(H,20,21)/t11-/m0/s1. The van der Waals surface area contributed by atoms with E-state index >= 15 is 0 Å². The van der Waals surface area contributed by atoms with Crippen LogP contribution in [0, 0.1) is 17.2 Å². The smallest absolute Gasteiger partial charge is 0.308 e. The number of aliphatic carboxylic acids is 1. The lowest BCUT2D eigenvalue weighted by atomic mass is 10.1. The van der Waals surface area contributed by atoms with Crippen LogP contribution in [0.3, 0.4) is 0 Å². The maximum Gasteiger partial charge on any atom is 0.308 e. The molecule has 0 aromatic heterocycles. The number of rotatable bonds is 5. The van der Waals surface area contributed by atoms with E-state index < -0.39 is 11.9 Å². The van der Waals surface area contributed by atoms with E-state index in [1.807, 2.05) is 24.0 Å². The van der Waals surface area contributed by atoms with Gasteiger partial charge in [-0.25, -0.2) is 0 Å². The van der Waals surface area contributed by atoms with E-state index in [1.165, 1.54) is 4.90 Å². The lowest BCUT2D eigenvalue weighted by molar-refractivity contribution is -0.141. The number of anilines is 2. The Morgan fingerprint density at radius 3 is 2.62 bits per heavy atom. The zero-order chi connectivity index (χ0) is 15.4. The summed E-state index contributed by atoms with van der Waals surface area (Å²) in [6.45, 7) is 3.20. The van der Waals surface area contributed by atoms with Crippen LogP contribution in [0.15, 0.2) is 24.3 Å². The minimum Gasteiger partial charge on any atom is -0.481 e. The van der Waals surface area contributed by atoms with Crippen LogP contribution in [-0.4, -0.2) is 36.6 Å². The molecule has 110 valence electrons. The Kier molecular flexibility index (Phi) is 4.43. The topological polar surface area (TPSA) is 84.6 Å². The number of carboxylic acid groups (broad SMARTS) is 1. The molecule has 0 saturated carbocycles. The summed E-state index contributed by atoms with van der Waals surface area (Å²) in [7, 11) is 0. The van der Waals surface area contributed by atoms with Crippen molar-refractivity contribution in [3.63, 3.8) is 0 Å². The number of carbonyl (C=O) groups is 2. The second-order valence-electron chi connectivity index (χ2n) is 4.93. The van der Waals surface area contributed by atoms with Crippen molar-refractivity contribution in [2.45, 2.75) is 13.3 Å². The second kappa shape index (κ2) is 6.27.